The fourth-order valence-electron chi connectivity index (χ4n) is 3.65. The average Bonchev–Trinajstić information content (AvgIpc) is 3.09. The molecule has 10 heteroatoms. The highest BCUT2D eigenvalue weighted by Crippen LogP contribution is 2.32. The van der Waals surface area contributed by atoms with Gasteiger partial charge in [0.25, 0.3) is 20.0 Å². The van der Waals surface area contributed by atoms with E-state index < -0.39 is 20.0 Å². The lowest BCUT2D eigenvalue weighted by atomic mass is 10.2. The van der Waals surface area contributed by atoms with Gasteiger partial charge in [0.05, 0.1) is 21.2 Å². The van der Waals surface area contributed by atoms with E-state index in [-0.39, 0.29) is 15.5 Å². The number of rotatable bonds is 7. The van der Waals surface area contributed by atoms with E-state index >= 15 is 0 Å². The Labute approximate surface area is 194 Å². The molecular weight excluding hydrogens is 460 g/mol. The SMILES string of the molecule is O=S(=O)(Nc1ccccc1)c1ccc(N2CCCNCC2)c(NS(=O)(=O)c2ccccc2)c1. The Morgan fingerprint density at radius 1 is 0.697 bits per heavy atom. The van der Waals surface area contributed by atoms with E-state index in [0.29, 0.717) is 17.9 Å². The van der Waals surface area contributed by atoms with Crippen LogP contribution in [0, 0.1) is 0 Å². The van der Waals surface area contributed by atoms with Gasteiger partial charge in [-0.1, -0.05) is 36.4 Å². The standard InChI is InChI=1S/C23H26N4O4S2/c28-32(29,20-10-5-2-6-11-20)26-22-18-21(33(30,31)25-19-8-3-1-4-9-19)12-13-23(22)27-16-7-14-24-15-17-27/h1-6,8-13,18,24-26H,7,14-17H2. The van der Waals surface area contributed by atoms with E-state index in [4.69, 9.17) is 0 Å². The molecule has 0 radical (unpaired) electrons. The molecular formula is C23H26N4O4S2. The van der Waals surface area contributed by atoms with Gasteiger partial charge in [0.15, 0.2) is 0 Å². The van der Waals surface area contributed by atoms with E-state index in [2.05, 4.69) is 19.7 Å². The molecule has 1 heterocycles. The summed E-state index contributed by atoms with van der Waals surface area (Å²) in [7, 11) is -7.84. The van der Waals surface area contributed by atoms with Crippen molar-refractivity contribution >= 4 is 37.1 Å². The van der Waals surface area contributed by atoms with Crippen LogP contribution < -0.4 is 19.7 Å². The topological polar surface area (TPSA) is 108 Å². The molecule has 8 nitrogen and oxygen atoms in total. The van der Waals surface area contributed by atoms with Crippen LogP contribution in [-0.2, 0) is 20.0 Å². The fourth-order valence-corrected chi connectivity index (χ4v) is 5.82. The van der Waals surface area contributed by atoms with Gasteiger partial charge in [-0.2, -0.15) is 0 Å². The summed E-state index contributed by atoms with van der Waals surface area (Å²) >= 11 is 0. The van der Waals surface area contributed by atoms with Crippen LogP contribution in [0.4, 0.5) is 17.1 Å². The molecule has 0 spiro atoms. The minimum absolute atomic E-state index is 0.0335. The summed E-state index contributed by atoms with van der Waals surface area (Å²) in [6.07, 6.45) is 0.889. The first kappa shape index (κ1) is 23.1. The largest absolute Gasteiger partial charge is 0.369 e. The van der Waals surface area contributed by atoms with Gasteiger partial charge in [-0.3, -0.25) is 9.44 Å². The Balaban J connectivity index is 1.73. The predicted molar refractivity (Wildman–Crippen MR) is 131 cm³/mol. The molecule has 0 saturated carbocycles. The zero-order valence-corrected chi connectivity index (χ0v) is 19.6. The molecule has 3 N–H and O–H groups in total. The minimum atomic E-state index is -3.93. The molecule has 4 rings (SSSR count). The average molecular weight is 487 g/mol. The first-order chi connectivity index (χ1) is 15.9. The Bertz CT molecular complexity index is 1290. The van der Waals surface area contributed by atoms with Crippen LogP contribution in [0.2, 0.25) is 0 Å². The van der Waals surface area contributed by atoms with Crippen molar-refractivity contribution in [1.29, 1.82) is 0 Å². The number of nitrogens with one attached hydrogen (secondary N) is 3. The maximum Gasteiger partial charge on any atom is 0.261 e. The Morgan fingerprint density at radius 3 is 2.09 bits per heavy atom. The molecule has 1 saturated heterocycles. The van der Waals surface area contributed by atoms with Crippen LogP contribution in [0.5, 0.6) is 0 Å². The fraction of sp³-hybridized carbons (Fsp3) is 0.217. The number of hydrogen-bond acceptors (Lipinski definition) is 6. The highest BCUT2D eigenvalue weighted by Gasteiger charge is 2.23. The van der Waals surface area contributed by atoms with Gasteiger partial charge in [-0.25, -0.2) is 16.8 Å². The van der Waals surface area contributed by atoms with Crippen molar-refractivity contribution in [2.24, 2.45) is 0 Å². The van der Waals surface area contributed by atoms with Crippen molar-refractivity contribution in [3.63, 3.8) is 0 Å². The molecule has 0 atom stereocenters. The Morgan fingerprint density at radius 2 is 1.36 bits per heavy atom. The van der Waals surface area contributed by atoms with Crippen molar-refractivity contribution in [1.82, 2.24) is 5.32 Å². The van der Waals surface area contributed by atoms with Crippen LogP contribution in [0.1, 0.15) is 6.42 Å². The van der Waals surface area contributed by atoms with Gasteiger partial charge in [0.2, 0.25) is 0 Å². The smallest absolute Gasteiger partial charge is 0.261 e. The lowest BCUT2D eigenvalue weighted by Crippen LogP contribution is -2.29. The lowest BCUT2D eigenvalue weighted by Gasteiger charge is -2.26. The van der Waals surface area contributed by atoms with E-state index in [9.17, 15) is 16.8 Å². The van der Waals surface area contributed by atoms with E-state index in [1.54, 1.807) is 54.6 Å². The maximum absolute atomic E-state index is 13.0. The quantitative estimate of drug-likeness (QED) is 0.474. The molecule has 1 aliphatic heterocycles. The van der Waals surface area contributed by atoms with Crippen LogP contribution in [-0.4, -0.2) is 43.0 Å². The molecule has 1 fully saturated rings. The summed E-state index contributed by atoms with van der Waals surface area (Å²) < 4.78 is 57.3. The first-order valence-corrected chi connectivity index (χ1v) is 13.6. The number of sulfonamides is 2. The van der Waals surface area contributed by atoms with Gasteiger partial charge in [0, 0.05) is 25.3 Å². The van der Waals surface area contributed by atoms with Crippen molar-refractivity contribution in [3.05, 3.63) is 78.9 Å². The van der Waals surface area contributed by atoms with Gasteiger partial charge in [-0.15, -0.1) is 0 Å². The third kappa shape index (κ3) is 5.65. The second-order valence-corrected chi connectivity index (χ2v) is 11.0. The summed E-state index contributed by atoms with van der Waals surface area (Å²) in [6, 6.07) is 21.1. The second-order valence-electron chi connectivity index (χ2n) is 7.66. The summed E-state index contributed by atoms with van der Waals surface area (Å²) in [4.78, 5) is 2.13. The van der Waals surface area contributed by atoms with Crippen LogP contribution in [0.3, 0.4) is 0 Å². The van der Waals surface area contributed by atoms with Crippen LogP contribution in [0.15, 0.2) is 88.7 Å². The van der Waals surface area contributed by atoms with E-state index in [1.807, 2.05) is 0 Å². The van der Waals surface area contributed by atoms with Crippen molar-refractivity contribution < 1.29 is 16.8 Å². The molecule has 0 aromatic heterocycles. The van der Waals surface area contributed by atoms with Crippen molar-refractivity contribution in [3.8, 4) is 0 Å². The minimum Gasteiger partial charge on any atom is -0.369 e. The van der Waals surface area contributed by atoms with Crippen LogP contribution in [0.25, 0.3) is 0 Å². The number of benzene rings is 3. The molecule has 3 aromatic carbocycles. The molecule has 0 aliphatic carbocycles. The molecule has 0 bridgehead atoms. The number of hydrogen-bond donors (Lipinski definition) is 3. The van der Waals surface area contributed by atoms with Gasteiger partial charge in [0.1, 0.15) is 0 Å². The zero-order valence-electron chi connectivity index (χ0n) is 17.9. The number of anilines is 3. The lowest BCUT2D eigenvalue weighted by molar-refractivity contribution is 0.598. The van der Waals surface area contributed by atoms with Gasteiger partial charge < -0.3 is 10.2 Å². The highest BCUT2D eigenvalue weighted by atomic mass is 32.2. The normalized spacial score (nSPS) is 15.0. The van der Waals surface area contributed by atoms with E-state index in [0.717, 1.165) is 26.1 Å². The highest BCUT2D eigenvalue weighted by molar-refractivity contribution is 7.93. The van der Waals surface area contributed by atoms with Crippen molar-refractivity contribution in [2.45, 2.75) is 16.2 Å². The maximum atomic E-state index is 13.0. The third-order valence-corrected chi connectivity index (χ3v) is 8.04. The molecule has 0 unspecified atom stereocenters. The summed E-state index contributed by atoms with van der Waals surface area (Å²) in [5.74, 6) is 0. The zero-order chi connectivity index (χ0) is 23.3. The molecule has 3 aromatic rings. The predicted octanol–water partition coefficient (Wildman–Crippen LogP) is 3.09. The third-order valence-electron chi connectivity index (χ3n) is 5.28. The van der Waals surface area contributed by atoms with Crippen molar-refractivity contribution in [2.75, 3.05) is 40.5 Å². The number of nitrogens with zero attached hydrogens (tertiary/aromatic N) is 1. The Kier molecular flexibility index (Phi) is 6.87. The second kappa shape index (κ2) is 9.82. The van der Waals surface area contributed by atoms with Crippen LogP contribution >= 0.6 is 0 Å². The first-order valence-electron chi connectivity index (χ1n) is 10.6. The van der Waals surface area contributed by atoms with E-state index in [1.165, 1.54) is 24.3 Å². The molecule has 174 valence electrons. The van der Waals surface area contributed by atoms with Gasteiger partial charge in [-0.05, 0) is 55.4 Å². The molecule has 1 aliphatic rings. The molecule has 33 heavy (non-hydrogen) atoms. The summed E-state index contributed by atoms with van der Waals surface area (Å²) in [6.45, 7) is 3.02. The monoisotopic (exact) mass is 486 g/mol. The number of para-hydroxylation sites is 1. The Hall–Kier alpha value is -3.08. The summed E-state index contributed by atoms with van der Waals surface area (Å²) in [5, 5.41) is 3.32. The summed E-state index contributed by atoms with van der Waals surface area (Å²) in [5.41, 5.74) is 1.28. The van der Waals surface area contributed by atoms with Gasteiger partial charge >= 0.3 is 0 Å². The molecule has 0 amide bonds.